The first-order valence-corrected chi connectivity index (χ1v) is 7.21. The summed E-state index contributed by atoms with van der Waals surface area (Å²) in [6, 6.07) is 0. The highest BCUT2D eigenvalue weighted by atomic mass is 16.3. The van der Waals surface area contributed by atoms with E-state index in [9.17, 15) is 14.7 Å². The maximum Gasteiger partial charge on any atom is 0.225 e. The van der Waals surface area contributed by atoms with Gasteiger partial charge in [0, 0.05) is 39.0 Å². The van der Waals surface area contributed by atoms with Gasteiger partial charge in [0.1, 0.15) is 0 Å². The second kappa shape index (κ2) is 5.90. The van der Waals surface area contributed by atoms with E-state index in [0.717, 1.165) is 25.8 Å². The molecule has 5 heteroatoms. The number of carbonyl (C=O) groups is 2. The molecule has 2 rings (SSSR count). The Morgan fingerprint density at radius 2 is 1.63 bits per heavy atom. The average Bonchev–Trinajstić information content (AvgIpc) is 2.41. The molecule has 5 nitrogen and oxygen atoms in total. The number of hydrogen-bond acceptors (Lipinski definition) is 3. The Morgan fingerprint density at radius 3 is 2.16 bits per heavy atom. The molecule has 0 bridgehead atoms. The lowest BCUT2D eigenvalue weighted by Gasteiger charge is -2.38. The highest BCUT2D eigenvalue weighted by molar-refractivity contribution is 5.80. The van der Waals surface area contributed by atoms with Gasteiger partial charge in [-0.05, 0) is 25.2 Å². The molecule has 2 aliphatic heterocycles. The standard InChI is InChI=1S/C14H24N2O3/c1-10-3-6-16(9-13(10)18)14(19)12-4-7-15(8-5-12)11(2)17/h10,12-13,18H,3-9H2,1-2H3. The predicted octanol–water partition coefficient (Wildman–Crippen LogP) is 0.474. The van der Waals surface area contributed by atoms with E-state index in [-0.39, 0.29) is 23.7 Å². The third-order valence-electron chi connectivity index (χ3n) is 4.52. The molecule has 0 radical (unpaired) electrons. The smallest absolute Gasteiger partial charge is 0.225 e. The zero-order valence-corrected chi connectivity index (χ0v) is 11.8. The van der Waals surface area contributed by atoms with E-state index in [1.54, 1.807) is 16.7 Å². The highest BCUT2D eigenvalue weighted by Gasteiger charge is 2.33. The van der Waals surface area contributed by atoms with Crippen molar-refractivity contribution in [3.8, 4) is 0 Å². The number of hydrogen-bond donors (Lipinski definition) is 1. The minimum absolute atomic E-state index is 0.0243. The number of aliphatic hydroxyl groups excluding tert-OH is 1. The third-order valence-corrected chi connectivity index (χ3v) is 4.52. The fourth-order valence-corrected chi connectivity index (χ4v) is 2.95. The van der Waals surface area contributed by atoms with Crippen LogP contribution >= 0.6 is 0 Å². The SMILES string of the molecule is CC(=O)N1CCC(C(=O)N2CCC(C)C(O)C2)CC1. The van der Waals surface area contributed by atoms with E-state index in [0.29, 0.717) is 19.6 Å². The number of amides is 2. The molecule has 2 fully saturated rings. The monoisotopic (exact) mass is 268 g/mol. The fraction of sp³-hybridized carbons (Fsp3) is 0.857. The van der Waals surface area contributed by atoms with E-state index in [1.807, 2.05) is 6.92 Å². The molecule has 2 heterocycles. The summed E-state index contributed by atoms with van der Waals surface area (Å²) < 4.78 is 0. The average molecular weight is 268 g/mol. The molecule has 0 aromatic heterocycles. The molecular formula is C14H24N2O3. The van der Waals surface area contributed by atoms with Gasteiger partial charge in [-0.3, -0.25) is 9.59 Å². The number of β-amino-alcohol motifs (C(OH)–C–C–N with tert-alkyl or cyclic N) is 1. The molecule has 2 saturated heterocycles. The Balaban J connectivity index is 1.86. The lowest BCUT2D eigenvalue weighted by Crippen LogP contribution is -2.50. The summed E-state index contributed by atoms with van der Waals surface area (Å²) in [5, 5.41) is 9.86. The van der Waals surface area contributed by atoms with Crippen molar-refractivity contribution < 1.29 is 14.7 Å². The van der Waals surface area contributed by atoms with Gasteiger partial charge in [0.25, 0.3) is 0 Å². The molecular weight excluding hydrogens is 244 g/mol. The van der Waals surface area contributed by atoms with Crippen LogP contribution in [0.15, 0.2) is 0 Å². The van der Waals surface area contributed by atoms with E-state index < -0.39 is 6.10 Å². The number of nitrogens with zero attached hydrogens (tertiary/aromatic N) is 2. The Morgan fingerprint density at radius 1 is 1.05 bits per heavy atom. The maximum atomic E-state index is 12.4. The normalized spacial score (nSPS) is 29.4. The summed E-state index contributed by atoms with van der Waals surface area (Å²) in [6.45, 7) is 6.18. The van der Waals surface area contributed by atoms with Crippen molar-refractivity contribution in [2.24, 2.45) is 11.8 Å². The van der Waals surface area contributed by atoms with Gasteiger partial charge in [-0.25, -0.2) is 0 Å². The van der Waals surface area contributed by atoms with Gasteiger partial charge in [0.15, 0.2) is 0 Å². The maximum absolute atomic E-state index is 12.4. The van der Waals surface area contributed by atoms with Crippen LogP contribution < -0.4 is 0 Å². The largest absolute Gasteiger partial charge is 0.391 e. The summed E-state index contributed by atoms with van der Waals surface area (Å²) >= 11 is 0. The number of piperidine rings is 2. The molecule has 1 N–H and O–H groups in total. The first kappa shape index (κ1) is 14.3. The topological polar surface area (TPSA) is 60.9 Å². The number of carbonyl (C=O) groups excluding carboxylic acids is 2. The lowest BCUT2D eigenvalue weighted by molar-refractivity contribution is -0.143. The zero-order chi connectivity index (χ0) is 14.0. The van der Waals surface area contributed by atoms with Crippen LogP contribution in [-0.4, -0.2) is 59.0 Å². The molecule has 0 spiro atoms. The van der Waals surface area contributed by atoms with Crippen molar-refractivity contribution in [3.63, 3.8) is 0 Å². The second-order valence-electron chi connectivity index (χ2n) is 5.90. The van der Waals surface area contributed by atoms with Crippen LogP contribution in [0.25, 0.3) is 0 Å². The minimum atomic E-state index is -0.394. The summed E-state index contributed by atoms with van der Waals surface area (Å²) in [5.41, 5.74) is 0. The molecule has 0 aromatic rings. The van der Waals surface area contributed by atoms with Crippen molar-refractivity contribution in [1.82, 2.24) is 9.80 Å². The van der Waals surface area contributed by atoms with Crippen LogP contribution in [0.3, 0.4) is 0 Å². The number of rotatable bonds is 1. The van der Waals surface area contributed by atoms with Crippen LogP contribution in [0.1, 0.15) is 33.1 Å². The van der Waals surface area contributed by atoms with Crippen molar-refractivity contribution in [3.05, 3.63) is 0 Å². The van der Waals surface area contributed by atoms with Gasteiger partial charge in [0.05, 0.1) is 6.10 Å². The predicted molar refractivity (Wildman–Crippen MR) is 71.3 cm³/mol. The summed E-state index contributed by atoms with van der Waals surface area (Å²) in [5.74, 6) is 0.557. The van der Waals surface area contributed by atoms with Gasteiger partial charge < -0.3 is 14.9 Å². The first-order chi connectivity index (χ1) is 8.99. The van der Waals surface area contributed by atoms with Crippen LogP contribution in [0.4, 0.5) is 0 Å². The van der Waals surface area contributed by atoms with Crippen LogP contribution in [0.2, 0.25) is 0 Å². The van der Waals surface area contributed by atoms with Crippen LogP contribution in [0.5, 0.6) is 0 Å². The third kappa shape index (κ3) is 3.26. The Kier molecular flexibility index (Phi) is 4.45. The van der Waals surface area contributed by atoms with Crippen molar-refractivity contribution in [1.29, 1.82) is 0 Å². The number of aliphatic hydroxyl groups is 1. The van der Waals surface area contributed by atoms with Crippen LogP contribution in [-0.2, 0) is 9.59 Å². The van der Waals surface area contributed by atoms with E-state index >= 15 is 0 Å². The van der Waals surface area contributed by atoms with Gasteiger partial charge in [-0.2, -0.15) is 0 Å². The molecule has 2 atom stereocenters. The van der Waals surface area contributed by atoms with Crippen molar-refractivity contribution >= 4 is 11.8 Å². The molecule has 2 aliphatic rings. The summed E-state index contributed by atoms with van der Waals surface area (Å²) in [4.78, 5) is 27.3. The molecule has 0 aliphatic carbocycles. The van der Waals surface area contributed by atoms with Crippen molar-refractivity contribution in [2.45, 2.75) is 39.2 Å². The van der Waals surface area contributed by atoms with Gasteiger partial charge in [0.2, 0.25) is 11.8 Å². The number of likely N-dealkylation sites (tertiary alicyclic amines) is 2. The second-order valence-corrected chi connectivity index (χ2v) is 5.90. The molecule has 0 saturated carbocycles. The molecule has 19 heavy (non-hydrogen) atoms. The van der Waals surface area contributed by atoms with Crippen molar-refractivity contribution in [2.75, 3.05) is 26.2 Å². The summed E-state index contributed by atoms with van der Waals surface area (Å²) in [7, 11) is 0. The van der Waals surface area contributed by atoms with Crippen LogP contribution in [0, 0.1) is 11.8 Å². The van der Waals surface area contributed by atoms with Gasteiger partial charge in [-0.1, -0.05) is 6.92 Å². The minimum Gasteiger partial charge on any atom is -0.391 e. The van der Waals surface area contributed by atoms with Gasteiger partial charge in [-0.15, -0.1) is 0 Å². The first-order valence-electron chi connectivity index (χ1n) is 7.21. The highest BCUT2D eigenvalue weighted by Crippen LogP contribution is 2.23. The van der Waals surface area contributed by atoms with E-state index in [4.69, 9.17) is 0 Å². The fourth-order valence-electron chi connectivity index (χ4n) is 2.95. The Labute approximate surface area is 114 Å². The van der Waals surface area contributed by atoms with E-state index in [1.165, 1.54) is 0 Å². The Bertz CT molecular complexity index is 351. The lowest BCUT2D eigenvalue weighted by atomic mass is 9.91. The molecule has 2 amide bonds. The van der Waals surface area contributed by atoms with Gasteiger partial charge >= 0.3 is 0 Å². The van der Waals surface area contributed by atoms with E-state index in [2.05, 4.69) is 0 Å². The molecule has 0 aromatic carbocycles. The Hall–Kier alpha value is -1.10. The summed E-state index contributed by atoms with van der Waals surface area (Å²) in [6.07, 6.45) is 1.98. The molecule has 108 valence electrons. The quantitative estimate of drug-likeness (QED) is 0.752. The zero-order valence-electron chi connectivity index (χ0n) is 11.8. The molecule has 2 unspecified atom stereocenters.